The van der Waals surface area contributed by atoms with Gasteiger partial charge in [0, 0.05) is 35.4 Å². The zero-order valence-corrected chi connectivity index (χ0v) is 6.89. The molecule has 1 aliphatic heterocycles. The third-order valence-electron chi connectivity index (χ3n) is 1.59. The summed E-state index contributed by atoms with van der Waals surface area (Å²) in [5.74, 6) is 6.05. The van der Waals surface area contributed by atoms with Crippen LogP contribution in [0.2, 0.25) is 0 Å². The molecule has 5 nitrogen and oxygen atoms in total. The summed E-state index contributed by atoms with van der Waals surface area (Å²) in [5.41, 5.74) is 2.04. The second kappa shape index (κ2) is 3.68. The lowest BCUT2D eigenvalue weighted by atomic mass is 10.5. The average Bonchev–Trinajstić information content (AvgIpc) is 2.05. The van der Waals surface area contributed by atoms with Crippen LogP contribution in [-0.2, 0) is 10.8 Å². The van der Waals surface area contributed by atoms with Crippen LogP contribution >= 0.6 is 0 Å². The van der Waals surface area contributed by atoms with Gasteiger partial charge in [-0.2, -0.15) is 0 Å². The van der Waals surface area contributed by atoms with E-state index >= 15 is 0 Å². The molecule has 0 saturated carbocycles. The number of nitrogens with two attached hydrogens (primary N) is 1. The van der Waals surface area contributed by atoms with Gasteiger partial charge >= 0.3 is 6.03 Å². The molecular formula is C5H11N3O2S. The third-order valence-corrected chi connectivity index (χ3v) is 2.86. The fourth-order valence-corrected chi connectivity index (χ4v) is 1.98. The summed E-state index contributed by atoms with van der Waals surface area (Å²) in [4.78, 5) is 12.4. The molecule has 3 N–H and O–H groups in total. The van der Waals surface area contributed by atoms with Crippen LogP contribution in [0, 0.1) is 0 Å². The number of rotatable bonds is 0. The van der Waals surface area contributed by atoms with Crippen molar-refractivity contribution in [3.05, 3.63) is 0 Å². The van der Waals surface area contributed by atoms with Crippen molar-refractivity contribution >= 4 is 16.8 Å². The number of amides is 2. The molecular weight excluding hydrogens is 166 g/mol. The van der Waals surface area contributed by atoms with E-state index < -0.39 is 10.8 Å². The van der Waals surface area contributed by atoms with Crippen molar-refractivity contribution in [2.75, 3.05) is 24.6 Å². The molecule has 0 aliphatic carbocycles. The minimum atomic E-state index is -0.742. The van der Waals surface area contributed by atoms with Crippen LogP contribution in [0.15, 0.2) is 0 Å². The van der Waals surface area contributed by atoms with Crippen LogP contribution in [-0.4, -0.2) is 39.7 Å². The Balaban J connectivity index is 2.39. The molecule has 0 radical (unpaired) electrons. The summed E-state index contributed by atoms with van der Waals surface area (Å²) in [5, 5.41) is 0. The Kier molecular flexibility index (Phi) is 2.84. The molecule has 1 rings (SSSR count). The Bertz CT molecular complexity index is 175. The number of carbonyl (C=O) groups excluding carboxylic acids is 1. The summed E-state index contributed by atoms with van der Waals surface area (Å²) < 4.78 is 10.8. The van der Waals surface area contributed by atoms with Crippen LogP contribution < -0.4 is 11.3 Å². The largest absolute Gasteiger partial charge is 0.331 e. The Labute approximate surface area is 67.3 Å². The highest BCUT2D eigenvalue weighted by Crippen LogP contribution is 1.98. The van der Waals surface area contributed by atoms with Crippen molar-refractivity contribution < 1.29 is 9.00 Å². The maximum atomic E-state index is 10.9. The average molecular weight is 177 g/mol. The minimum Gasteiger partial charge on any atom is -0.322 e. The first kappa shape index (κ1) is 8.48. The summed E-state index contributed by atoms with van der Waals surface area (Å²) in [6.45, 7) is 1.07. The van der Waals surface area contributed by atoms with Gasteiger partial charge in [-0.15, -0.1) is 0 Å². The molecule has 1 saturated heterocycles. The molecule has 0 aromatic carbocycles. The standard InChI is InChI=1S/C5H11N3O2S/c6-7-5(9)8-1-3-11(10)4-2-8/h1-4,6H2,(H,7,9). The molecule has 6 heteroatoms. The fraction of sp³-hybridized carbons (Fsp3) is 0.800. The minimum absolute atomic E-state index is 0.290. The first-order valence-corrected chi connectivity index (χ1v) is 4.83. The van der Waals surface area contributed by atoms with Crippen LogP contribution in [0.1, 0.15) is 0 Å². The summed E-state index contributed by atoms with van der Waals surface area (Å²) in [6, 6.07) is -0.290. The van der Waals surface area contributed by atoms with E-state index in [1.807, 2.05) is 5.43 Å². The molecule has 0 atom stereocenters. The normalized spacial score (nSPS) is 19.9. The fourth-order valence-electron chi connectivity index (χ4n) is 0.932. The van der Waals surface area contributed by atoms with Crippen LogP contribution in [0.5, 0.6) is 0 Å². The van der Waals surface area contributed by atoms with Crippen LogP contribution in [0.4, 0.5) is 4.79 Å². The van der Waals surface area contributed by atoms with Gasteiger partial charge in [0.05, 0.1) is 0 Å². The molecule has 64 valence electrons. The zero-order valence-electron chi connectivity index (χ0n) is 6.08. The molecule has 1 fully saturated rings. The van der Waals surface area contributed by atoms with Gasteiger partial charge in [0.25, 0.3) is 0 Å². The Morgan fingerprint density at radius 3 is 2.45 bits per heavy atom. The number of hydrogen-bond acceptors (Lipinski definition) is 3. The lowest BCUT2D eigenvalue weighted by Gasteiger charge is -2.25. The van der Waals surface area contributed by atoms with Gasteiger partial charge in [-0.25, -0.2) is 10.6 Å². The summed E-state index contributed by atoms with van der Waals surface area (Å²) >= 11 is 0. The maximum Gasteiger partial charge on any atom is 0.331 e. The van der Waals surface area contributed by atoms with Crippen molar-refractivity contribution in [3.63, 3.8) is 0 Å². The lowest BCUT2D eigenvalue weighted by Crippen LogP contribution is -2.48. The quantitative estimate of drug-likeness (QED) is 0.272. The molecule has 0 aromatic heterocycles. The topological polar surface area (TPSA) is 75.4 Å². The highest BCUT2D eigenvalue weighted by molar-refractivity contribution is 7.85. The molecule has 0 spiro atoms. The Morgan fingerprint density at radius 1 is 1.45 bits per heavy atom. The Morgan fingerprint density at radius 2 is 2.00 bits per heavy atom. The second-order valence-electron chi connectivity index (χ2n) is 2.28. The van der Waals surface area contributed by atoms with E-state index in [0.717, 1.165) is 0 Å². The van der Waals surface area contributed by atoms with Crippen molar-refractivity contribution in [1.29, 1.82) is 0 Å². The zero-order chi connectivity index (χ0) is 8.27. The second-order valence-corrected chi connectivity index (χ2v) is 3.98. The van der Waals surface area contributed by atoms with Gasteiger partial charge in [-0.3, -0.25) is 9.63 Å². The van der Waals surface area contributed by atoms with Gasteiger partial charge < -0.3 is 4.90 Å². The van der Waals surface area contributed by atoms with Gasteiger partial charge in [0.2, 0.25) is 0 Å². The lowest BCUT2D eigenvalue weighted by molar-refractivity contribution is 0.203. The van der Waals surface area contributed by atoms with Crippen LogP contribution in [0.25, 0.3) is 0 Å². The van der Waals surface area contributed by atoms with E-state index in [9.17, 15) is 9.00 Å². The van der Waals surface area contributed by atoms with Crippen molar-refractivity contribution in [2.24, 2.45) is 5.84 Å². The number of urea groups is 1. The van der Waals surface area contributed by atoms with E-state index in [-0.39, 0.29) is 6.03 Å². The van der Waals surface area contributed by atoms with E-state index in [0.29, 0.717) is 24.6 Å². The third kappa shape index (κ3) is 2.16. The monoisotopic (exact) mass is 177 g/mol. The number of carbonyl (C=O) groups is 1. The number of nitrogens with zero attached hydrogens (tertiary/aromatic N) is 1. The van der Waals surface area contributed by atoms with E-state index in [4.69, 9.17) is 5.84 Å². The molecule has 0 bridgehead atoms. The molecule has 1 aliphatic rings. The Hall–Kier alpha value is -0.620. The van der Waals surface area contributed by atoms with Crippen molar-refractivity contribution in [1.82, 2.24) is 10.3 Å². The van der Waals surface area contributed by atoms with Gasteiger partial charge in [0.15, 0.2) is 0 Å². The van der Waals surface area contributed by atoms with E-state index in [1.54, 1.807) is 4.90 Å². The molecule has 0 unspecified atom stereocenters. The smallest absolute Gasteiger partial charge is 0.322 e. The van der Waals surface area contributed by atoms with Gasteiger partial charge in [-0.1, -0.05) is 0 Å². The number of hydrogen-bond donors (Lipinski definition) is 2. The number of hydrazine groups is 1. The van der Waals surface area contributed by atoms with Gasteiger partial charge in [0.1, 0.15) is 0 Å². The van der Waals surface area contributed by atoms with Crippen molar-refractivity contribution in [2.45, 2.75) is 0 Å². The first-order valence-electron chi connectivity index (χ1n) is 3.34. The summed E-state index contributed by atoms with van der Waals surface area (Å²) in [7, 11) is -0.742. The predicted octanol–water partition coefficient (Wildman–Crippen LogP) is -1.37. The van der Waals surface area contributed by atoms with Gasteiger partial charge in [-0.05, 0) is 0 Å². The van der Waals surface area contributed by atoms with E-state index in [1.165, 1.54) is 0 Å². The highest BCUT2D eigenvalue weighted by Gasteiger charge is 2.18. The van der Waals surface area contributed by atoms with Crippen molar-refractivity contribution in [3.8, 4) is 0 Å². The molecule has 1 heterocycles. The van der Waals surface area contributed by atoms with Crippen LogP contribution in [0.3, 0.4) is 0 Å². The summed E-state index contributed by atoms with van der Waals surface area (Å²) in [6.07, 6.45) is 0. The highest BCUT2D eigenvalue weighted by atomic mass is 32.2. The first-order chi connectivity index (χ1) is 5.24. The van der Waals surface area contributed by atoms with E-state index in [2.05, 4.69) is 0 Å². The maximum absolute atomic E-state index is 10.9. The molecule has 0 aromatic rings. The molecule has 2 amide bonds. The predicted molar refractivity (Wildman–Crippen MR) is 42.2 cm³/mol. The number of nitrogens with one attached hydrogen (secondary N) is 1. The SMILES string of the molecule is NNC(=O)N1CCS(=O)CC1. The molecule has 11 heavy (non-hydrogen) atoms.